The molecule has 3 aliphatic rings. The maximum atomic E-state index is 13.0. The number of thioether (sulfide) groups is 1. The predicted molar refractivity (Wildman–Crippen MR) is 110 cm³/mol. The number of ether oxygens (including phenoxy) is 2. The van der Waals surface area contributed by atoms with Gasteiger partial charge in [0.25, 0.3) is 5.91 Å². The molecule has 1 spiro atoms. The molecule has 1 aromatic carbocycles. The summed E-state index contributed by atoms with van der Waals surface area (Å²) in [6.07, 6.45) is 3.59. The van der Waals surface area contributed by atoms with Crippen molar-refractivity contribution in [3.63, 3.8) is 0 Å². The van der Waals surface area contributed by atoms with Gasteiger partial charge < -0.3 is 18.8 Å². The lowest BCUT2D eigenvalue weighted by Crippen LogP contribution is -2.60. The number of furan rings is 1. The SMILES string of the molecule is Cc1c(C(=O)N2CC3(C[C@H](OCC4CCOCC4)CS3)C2)oc2ccccc12. The van der Waals surface area contributed by atoms with Crippen LogP contribution < -0.4 is 0 Å². The van der Waals surface area contributed by atoms with E-state index in [4.69, 9.17) is 13.9 Å². The van der Waals surface area contributed by atoms with Crippen LogP contribution in [0.4, 0.5) is 0 Å². The molecule has 28 heavy (non-hydrogen) atoms. The zero-order chi connectivity index (χ0) is 19.1. The van der Waals surface area contributed by atoms with Crippen molar-refractivity contribution >= 4 is 28.6 Å². The van der Waals surface area contributed by atoms with Gasteiger partial charge in [-0.3, -0.25) is 4.79 Å². The first-order valence-corrected chi connectivity index (χ1v) is 11.2. The van der Waals surface area contributed by atoms with Crippen LogP contribution in [0.5, 0.6) is 0 Å². The molecule has 6 heteroatoms. The smallest absolute Gasteiger partial charge is 0.289 e. The van der Waals surface area contributed by atoms with Gasteiger partial charge in [0.05, 0.1) is 10.9 Å². The van der Waals surface area contributed by atoms with E-state index in [1.165, 1.54) is 0 Å². The first-order valence-electron chi connectivity index (χ1n) is 10.2. The lowest BCUT2D eigenvalue weighted by molar-refractivity contribution is -0.0120. The lowest BCUT2D eigenvalue weighted by Gasteiger charge is -2.47. The Labute approximate surface area is 169 Å². The van der Waals surface area contributed by atoms with Crippen molar-refractivity contribution in [3.8, 4) is 0 Å². The molecular weight excluding hydrogens is 374 g/mol. The van der Waals surface area contributed by atoms with Gasteiger partial charge >= 0.3 is 0 Å². The monoisotopic (exact) mass is 401 g/mol. The van der Waals surface area contributed by atoms with E-state index in [2.05, 4.69) is 0 Å². The van der Waals surface area contributed by atoms with Crippen LogP contribution in [0.25, 0.3) is 11.0 Å². The summed E-state index contributed by atoms with van der Waals surface area (Å²) in [5.41, 5.74) is 1.73. The molecule has 1 aromatic heterocycles. The van der Waals surface area contributed by atoms with Crippen molar-refractivity contribution in [1.29, 1.82) is 0 Å². The second kappa shape index (κ2) is 7.39. The number of fused-ring (bicyclic) bond motifs is 1. The van der Waals surface area contributed by atoms with Gasteiger partial charge in [-0.2, -0.15) is 0 Å². The Bertz CT molecular complexity index is 867. The molecule has 3 saturated heterocycles. The van der Waals surface area contributed by atoms with E-state index in [9.17, 15) is 4.79 Å². The third-order valence-electron chi connectivity index (χ3n) is 6.37. The number of hydrogen-bond acceptors (Lipinski definition) is 5. The molecule has 3 fully saturated rings. The van der Waals surface area contributed by atoms with Gasteiger partial charge in [0.1, 0.15) is 5.58 Å². The second-order valence-electron chi connectivity index (χ2n) is 8.42. The highest BCUT2D eigenvalue weighted by atomic mass is 32.2. The van der Waals surface area contributed by atoms with E-state index < -0.39 is 0 Å². The Balaban J connectivity index is 1.16. The zero-order valence-corrected chi connectivity index (χ0v) is 17.1. The van der Waals surface area contributed by atoms with Crippen molar-refractivity contribution in [2.75, 3.05) is 38.7 Å². The van der Waals surface area contributed by atoms with E-state index in [0.717, 1.165) is 74.5 Å². The quantitative estimate of drug-likeness (QED) is 0.778. The minimum Gasteiger partial charge on any atom is -0.451 e. The molecule has 0 radical (unpaired) electrons. The molecule has 3 aliphatic heterocycles. The van der Waals surface area contributed by atoms with Gasteiger partial charge in [0, 0.05) is 49.6 Å². The number of amides is 1. The van der Waals surface area contributed by atoms with Crippen LogP contribution in [-0.2, 0) is 9.47 Å². The Hall–Kier alpha value is -1.50. The van der Waals surface area contributed by atoms with Crippen LogP contribution in [0, 0.1) is 12.8 Å². The molecule has 5 nitrogen and oxygen atoms in total. The van der Waals surface area contributed by atoms with Crippen LogP contribution in [0.15, 0.2) is 28.7 Å². The highest BCUT2D eigenvalue weighted by Gasteiger charge is 2.51. The summed E-state index contributed by atoms with van der Waals surface area (Å²) in [5.74, 6) is 2.19. The van der Waals surface area contributed by atoms with E-state index in [1.807, 2.05) is 47.9 Å². The summed E-state index contributed by atoms with van der Waals surface area (Å²) >= 11 is 1.98. The summed E-state index contributed by atoms with van der Waals surface area (Å²) in [6.45, 7) is 6.16. The van der Waals surface area contributed by atoms with Crippen molar-refractivity contribution in [1.82, 2.24) is 4.90 Å². The Kier molecular flexibility index (Phi) is 4.89. The molecule has 0 N–H and O–H groups in total. The molecule has 0 unspecified atom stereocenters. The number of hydrogen-bond donors (Lipinski definition) is 0. The van der Waals surface area contributed by atoms with Crippen molar-refractivity contribution in [2.24, 2.45) is 5.92 Å². The standard InChI is InChI=1S/C22H27NO4S/c1-15-18-4-2-3-5-19(18)27-20(15)21(24)23-13-22(14-23)10-17(12-28-22)26-11-16-6-8-25-9-7-16/h2-5,16-17H,6-14H2,1H3/t17-/m0/s1. The van der Waals surface area contributed by atoms with Crippen molar-refractivity contribution < 1.29 is 18.7 Å². The molecule has 0 aliphatic carbocycles. The maximum absolute atomic E-state index is 13.0. The van der Waals surface area contributed by atoms with Crippen LogP contribution in [0.1, 0.15) is 35.4 Å². The summed E-state index contributed by atoms with van der Waals surface area (Å²) in [5, 5.41) is 1.03. The minimum atomic E-state index is 0.0199. The van der Waals surface area contributed by atoms with Crippen molar-refractivity contribution in [3.05, 3.63) is 35.6 Å². The number of para-hydroxylation sites is 1. The average Bonchev–Trinajstić information content (AvgIpc) is 3.28. The van der Waals surface area contributed by atoms with Crippen LogP contribution in [-0.4, -0.2) is 60.3 Å². The van der Waals surface area contributed by atoms with E-state index in [-0.39, 0.29) is 10.7 Å². The Morgan fingerprint density at radius 1 is 1.29 bits per heavy atom. The highest BCUT2D eigenvalue weighted by molar-refractivity contribution is 8.01. The van der Waals surface area contributed by atoms with Gasteiger partial charge in [-0.1, -0.05) is 18.2 Å². The number of nitrogens with zero attached hydrogens (tertiary/aromatic N) is 1. The zero-order valence-electron chi connectivity index (χ0n) is 16.3. The average molecular weight is 402 g/mol. The van der Waals surface area contributed by atoms with Crippen LogP contribution >= 0.6 is 11.8 Å². The van der Waals surface area contributed by atoms with Crippen molar-refractivity contribution in [2.45, 2.75) is 37.0 Å². The molecule has 0 bridgehead atoms. The molecule has 4 heterocycles. The fourth-order valence-corrected chi connectivity index (χ4v) is 6.18. The number of carbonyl (C=O) groups excluding carboxylic acids is 1. The first kappa shape index (κ1) is 18.5. The molecule has 1 amide bonds. The normalized spacial score (nSPS) is 24.8. The molecule has 5 rings (SSSR count). The molecule has 2 aromatic rings. The summed E-state index contributed by atoms with van der Waals surface area (Å²) in [4.78, 5) is 14.9. The topological polar surface area (TPSA) is 51.9 Å². The van der Waals surface area contributed by atoms with Gasteiger partial charge in [0.2, 0.25) is 0 Å². The summed E-state index contributed by atoms with van der Waals surface area (Å²) < 4.78 is 17.7. The number of benzene rings is 1. The molecule has 150 valence electrons. The second-order valence-corrected chi connectivity index (χ2v) is 9.91. The summed E-state index contributed by atoms with van der Waals surface area (Å²) in [6, 6.07) is 7.85. The number of rotatable bonds is 4. The fraction of sp³-hybridized carbons (Fsp3) is 0.591. The van der Waals surface area contributed by atoms with Gasteiger partial charge in [0.15, 0.2) is 5.76 Å². The Morgan fingerprint density at radius 2 is 2.07 bits per heavy atom. The first-order chi connectivity index (χ1) is 13.6. The Morgan fingerprint density at radius 3 is 2.86 bits per heavy atom. The third-order valence-corrected chi connectivity index (χ3v) is 7.94. The minimum absolute atomic E-state index is 0.0199. The predicted octanol–water partition coefficient (Wildman–Crippen LogP) is 3.88. The number of likely N-dealkylation sites (tertiary alicyclic amines) is 1. The van der Waals surface area contributed by atoms with E-state index in [0.29, 0.717) is 17.8 Å². The van der Waals surface area contributed by atoms with Gasteiger partial charge in [-0.25, -0.2) is 0 Å². The summed E-state index contributed by atoms with van der Waals surface area (Å²) in [7, 11) is 0. The van der Waals surface area contributed by atoms with Crippen LogP contribution in [0.2, 0.25) is 0 Å². The number of carbonyl (C=O) groups is 1. The third kappa shape index (κ3) is 3.36. The van der Waals surface area contributed by atoms with E-state index >= 15 is 0 Å². The highest BCUT2D eigenvalue weighted by Crippen LogP contribution is 2.46. The maximum Gasteiger partial charge on any atom is 0.289 e. The van der Waals surface area contributed by atoms with E-state index in [1.54, 1.807) is 0 Å². The molecular formula is C22H27NO4S. The van der Waals surface area contributed by atoms with Gasteiger partial charge in [-0.15, -0.1) is 11.8 Å². The fourth-order valence-electron chi connectivity index (χ4n) is 4.63. The molecule has 0 saturated carbocycles. The lowest BCUT2D eigenvalue weighted by atomic mass is 9.92. The molecule has 1 atom stereocenters. The number of aryl methyl sites for hydroxylation is 1. The largest absolute Gasteiger partial charge is 0.451 e. The van der Waals surface area contributed by atoms with Gasteiger partial charge in [-0.05, 0) is 38.2 Å². The van der Waals surface area contributed by atoms with Crippen LogP contribution in [0.3, 0.4) is 0 Å².